The van der Waals surface area contributed by atoms with Gasteiger partial charge in [0, 0.05) is 26.5 Å². The average molecular weight is 243 g/mol. The van der Waals surface area contributed by atoms with Crippen LogP contribution in [0.5, 0.6) is 5.75 Å². The van der Waals surface area contributed by atoms with Crippen LogP contribution in [-0.4, -0.2) is 43.6 Å². The zero-order valence-corrected chi connectivity index (χ0v) is 10.6. The number of anilines is 1. The third kappa shape index (κ3) is 3.53. The van der Waals surface area contributed by atoms with Crippen molar-refractivity contribution in [3.8, 4) is 5.75 Å². The number of rotatable bonds is 7. The lowest BCUT2D eigenvalue weighted by molar-refractivity contribution is 0.200. The molecule has 1 aromatic rings. The number of hydrogen-bond donors (Lipinski definition) is 1. The van der Waals surface area contributed by atoms with Gasteiger partial charge in [0.1, 0.15) is 11.4 Å². The molecule has 0 radical (unpaired) electrons. The van der Waals surface area contributed by atoms with Gasteiger partial charge in [0.15, 0.2) is 11.6 Å². The van der Waals surface area contributed by atoms with Crippen molar-refractivity contribution in [1.82, 2.24) is 9.97 Å². The van der Waals surface area contributed by atoms with E-state index in [0.29, 0.717) is 11.6 Å². The molecule has 90 valence electrons. The van der Waals surface area contributed by atoms with Gasteiger partial charge in [0.05, 0.1) is 7.11 Å². The molecular formula is C10H17N3O2S. The number of aromatic nitrogens is 2. The summed E-state index contributed by atoms with van der Waals surface area (Å²) in [4.78, 5) is 8.29. The van der Waals surface area contributed by atoms with Crippen LogP contribution in [0.1, 0.15) is 6.42 Å². The monoisotopic (exact) mass is 243 g/mol. The number of ether oxygens (including phenoxy) is 2. The fraction of sp³-hybridized carbons (Fsp3) is 0.600. The van der Waals surface area contributed by atoms with Crippen molar-refractivity contribution in [1.29, 1.82) is 0 Å². The number of hydrogen-bond acceptors (Lipinski definition) is 6. The standard InChI is InChI=1S/C10H17N3O2S/c1-11-9-8(15-3)10(13-7-12-9)16-6-4-5-14-2/h7H,4-6H2,1-3H3,(H,11,12,13). The van der Waals surface area contributed by atoms with E-state index in [9.17, 15) is 0 Å². The maximum atomic E-state index is 5.28. The Morgan fingerprint density at radius 2 is 2.19 bits per heavy atom. The molecule has 0 bridgehead atoms. The molecule has 0 amide bonds. The van der Waals surface area contributed by atoms with Gasteiger partial charge in [-0.3, -0.25) is 0 Å². The summed E-state index contributed by atoms with van der Waals surface area (Å²) in [5.41, 5.74) is 0. The largest absolute Gasteiger partial charge is 0.490 e. The lowest BCUT2D eigenvalue weighted by Crippen LogP contribution is -2.00. The second kappa shape index (κ2) is 7.29. The molecule has 0 fully saturated rings. The Hall–Kier alpha value is -1.01. The van der Waals surface area contributed by atoms with E-state index >= 15 is 0 Å². The Labute approximate surface area is 100.0 Å². The Balaban J connectivity index is 2.63. The van der Waals surface area contributed by atoms with E-state index in [-0.39, 0.29) is 0 Å². The molecule has 0 atom stereocenters. The third-order valence-corrected chi connectivity index (χ3v) is 3.00. The Morgan fingerprint density at radius 1 is 1.38 bits per heavy atom. The van der Waals surface area contributed by atoms with E-state index in [2.05, 4.69) is 15.3 Å². The maximum absolute atomic E-state index is 5.28. The highest BCUT2D eigenvalue weighted by Gasteiger charge is 2.10. The van der Waals surface area contributed by atoms with Gasteiger partial charge in [0.25, 0.3) is 0 Å². The molecule has 16 heavy (non-hydrogen) atoms. The topological polar surface area (TPSA) is 56.3 Å². The van der Waals surface area contributed by atoms with Crippen molar-refractivity contribution in [2.24, 2.45) is 0 Å². The van der Waals surface area contributed by atoms with Crippen molar-refractivity contribution in [3.63, 3.8) is 0 Å². The van der Waals surface area contributed by atoms with E-state index in [1.807, 2.05) is 7.05 Å². The van der Waals surface area contributed by atoms with Crippen LogP contribution in [0, 0.1) is 0 Å². The smallest absolute Gasteiger partial charge is 0.193 e. The average Bonchev–Trinajstić information content (AvgIpc) is 2.34. The summed E-state index contributed by atoms with van der Waals surface area (Å²) in [6.45, 7) is 0.763. The number of nitrogens with zero attached hydrogens (tertiary/aromatic N) is 2. The predicted octanol–water partition coefficient (Wildman–Crippen LogP) is 1.66. The normalized spacial score (nSPS) is 10.2. The molecule has 1 heterocycles. The summed E-state index contributed by atoms with van der Waals surface area (Å²) < 4.78 is 10.3. The summed E-state index contributed by atoms with van der Waals surface area (Å²) in [5.74, 6) is 2.36. The van der Waals surface area contributed by atoms with Gasteiger partial charge in [-0.05, 0) is 6.42 Å². The van der Waals surface area contributed by atoms with Gasteiger partial charge >= 0.3 is 0 Å². The SMILES string of the molecule is CNc1ncnc(SCCCOC)c1OC. The van der Waals surface area contributed by atoms with Gasteiger partial charge in [-0.25, -0.2) is 9.97 Å². The minimum absolute atomic E-state index is 0.701. The van der Waals surface area contributed by atoms with Crippen LogP contribution < -0.4 is 10.1 Å². The highest BCUT2D eigenvalue weighted by molar-refractivity contribution is 7.99. The van der Waals surface area contributed by atoms with Gasteiger partial charge in [-0.15, -0.1) is 11.8 Å². The zero-order valence-electron chi connectivity index (χ0n) is 9.82. The van der Waals surface area contributed by atoms with Gasteiger partial charge in [-0.1, -0.05) is 0 Å². The highest BCUT2D eigenvalue weighted by Crippen LogP contribution is 2.32. The number of nitrogens with one attached hydrogen (secondary N) is 1. The molecule has 0 aliphatic heterocycles. The fourth-order valence-corrected chi connectivity index (χ4v) is 2.08. The molecule has 0 saturated heterocycles. The van der Waals surface area contributed by atoms with Crippen LogP contribution in [-0.2, 0) is 4.74 Å². The van der Waals surface area contributed by atoms with Crippen molar-refractivity contribution in [2.45, 2.75) is 11.4 Å². The molecule has 0 saturated carbocycles. The second-order valence-electron chi connectivity index (χ2n) is 3.01. The predicted molar refractivity (Wildman–Crippen MR) is 65.3 cm³/mol. The summed E-state index contributed by atoms with van der Waals surface area (Å²) in [6.07, 6.45) is 2.52. The fourth-order valence-electron chi connectivity index (χ4n) is 1.19. The Bertz CT molecular complexity index is 323. The summed E-state index contributed by atoms with van der Waals surface area (Å²) in [7, 11) is 5.14. The summed E-state index contributed by atoms with van der Waals surface area (Å²) >= 11 is 1.64. The van der Waals surface area contributed by atoms with E-state index in [4.69, 9.17) is 9.47 Å². The Morgan fingerprint density at radius 3 is 2.81 bits per heavy atom. The van der Waals surface area contributed by atoms with Crippen LogP contribution in [0.4, 0.5) is 5.82 Å². The maximum Gasteiger partial charge on any atom is 0.193 e. The third-order valence-electron chi connectivity index (χ3n) is 1.94. The first kappa shape index (κ1) is 13.1. The van der Waals surface area contributed by atoms with Crippen molar-refractivity contribution in [3.05, 3.63) is 6.33 Å². The first-order chi connectivity index (χ1) is 7.83. The van der Waals surface area contributed by atoms with E-state index < -0.39 is 0 Å². The molecule has 0 aliphatic rings. The van der Waals surface area contributed by atoms with Crippen LogP contribution in [0.2, 0.25) is 0 Å². The lowest BCUT2D eigenvalue weighted by atomic mass is 10.5. The molecular weight excluding hydrogens is 226 g/mol. The number of thioether (sulfide) groups is 1. The molecule has 1 aromatic heterocycles. The first-order valence-electron chi connectivity index (χ1n) is 5.02. The first-order valence-corrected chi connectivity index (χ1v) is 6.00. The Kier molecular flexibility index (Phi) is 5.95. The molecule has 0 unspecified atom stereocenters. The minimum atomic E-state index is 0.701. The molecule has 1 N–H and O–H groups in total. The quantitative estimate of drug-likeness (QED) is 0.446. The minimum Gasteiger partial charge on any atom is -0.490 e. The second-order valence-corrected chi connectivity index (χ2v) is 4.09. The highest BCUT2D eigenvalue weighted by atomic mass is 32.2. The van der Waals surface area contributed by atoms with E-state index in [1.165, 1.54) is 6.33 Å². The molecule has 5 nitrogen and oxygen atoms in total. The van der Waals surface area contributed by atoms with Gasteiger partial charge in [-0.2, -0.15) is 0 Å². The summed E-state index contributed by atoms with van der Waals surface area (Å²) in [5, 5.41) is 3.83. The molecule has 0 aromatic carbocycles. The van der Waals surface area contributed by atoms with Crippen LogP contribution in [0.3, 0.4) is 0 Å². The van der Waals surface area contributed by atoms with Crippen molar-refractivity contribution in [2.75, 3.05) is 38.9 Å². The molecule has 1 rings (SSSR count). The molecule has 6 heteroatoms. The van der Waals surface area contributed by atoms with E-state index in [0.717, 1.165) is 23.8 Å². The molecule has 0 aliphatic carbocycles. The van der Waals surface area contributed by atoms with Gasteiger partial charge < -0.3 is 14.8 Å². The van der Waals surface area contributed by atoms with Crippen molar-refractivity contribution >= 4 is 17.6 Å². The lowest BCUT2D eigenvalue weighted by Gasteiger charge is -2.10. The van der Waals surface area contributed by atoms with Crippen molar-refractivity contribution < 1.29 is 9.47 Å². The molecule has 0 spiro atoms. The van der Waals surface area contributed by atoms with Crippen LogP contribution in [0.25, 0.3) is 0 Å². The van der Waals surface area contributed by atoms with Crippen LogP contribution >= 0.6 is 11.8 Å². The summed E-state index contributed by atoms with van der Waals surface area (Å²) in [6, 6.07) is 0. The number of methoxy groups -OCH3 is 2. The van der Waals surface area contributed by atoms with E-state index in [1.54, 1.807) is 26.0 Å². The van der Waals surface area contributed by atoms with Gasteiger partial charge in [0.2, 0.25) is 0 Å². The van der Waals surface area contributed by atoms with Crippen LogP contribution in [0.15, 0.2) is 11.4 Å². The zero-order chi connectivity index (χ0) is 11.8.